The maximum Gasteiger partial charge on any atom is 0.220 e. The normalized spacial score (nSPS) is 11.8. The van der Waals surface area contributed by atoms with Crippen LogP contribution in [0.15, 0.2) is 267 Å². The highest BCUT2D eigenvalue weighted by Crippen LogP contribution is 2.44. The van der Waals surface area contributed by atoms with Crippen LogP contribution in [-0.2, 0) is 21.1 Å². The first-order valence-electron chi connectivity index (χ1n) is 39.9. The number of hydrogen-bond acceptors (Lipinski definition) is 4. The number of rotatable bonds is 5. The fraction of sp³-hybridized carbons (Fsp3) is 0.343. The molecule has 2 aliphatic rings. The first-order chi connectivity index (χ1) is 51.7. The molecule has 0 unspecified atom stereocenters. The Balaban J connectivity index is 0.00000123. The molecule has 570 valence electrons. The number of hydrogen-bond donors (Lipinski definition) is 0. The molecule has 0 amide bonds. The fourth-order valence-corrected chi connectivity index (χ4v) is 11.8. The molecule has 0 aliphatic carbocycles. The lowest BCUT2D eigenvalue weighted by molar-refractivity contribution is -0.659. The second-order valence-corrected chi connectivity index (χ2v) is 22.7. The number of nitrogens with zero attached hydrogens (tertiary/aromatic N) is 7. The lowest BCUT2D eigenvalue weighted by Gasteiger charge is -2.28. The van der Waals surface area contributed by atoms with E-state index >= 15 is 0 Å². The van der Waals surface area contributed by atoms with Gasteiger partial charge >= 0.3 is 0 Å². The average Bonchev–Trinajstić information content (AvgIpc) is 1.55. The third-order valence-corrected chi connectivity index (χ3v) is 17.0. The van der Waals surface area contributed by atoms with Crippen LogP contribution >= 0.6 is 0 Å². The maximum atomic E-state index is 2.41. The van der Waals surface area contributed by atoms with Gasteiger partial charge in [-0.1, -0.05) is 290 Å². The number of pyridine rings is 3. The number of anilines is 4. The molecule has 0 radical (unpaired) electrons. The zero-order valence-electron chi connectivity index (χ0n) is 72.2. The van der Waals surface area contributed by atoms with Crippen molar-refractivity contribution in [1.82, 2.24) is 4.90 Å². The van der Waals surface area contributed by atoms with Crippen LogP contribution < -0.4 is 28.4 Å². The molecule has 7 nitrogen and oxygen atoms in total. The molecule has 0 spiro atoms. The number of aromatic nitrogens is 3. The summed E-state index contributed by atoms with van der Waals surface area (Å²) in [5.41, 5.74) is 20.7. The van der Waals surface area contributed by atoms with Gasteiger partial charge in [-0.3, -0.25) is 0 Å². The average molecular weight is 1430 g/mol. The fourth-order valence-electron chi connectivity index (χ4n) is 11.8. The summed E-state index contributed by atoms with van der Waals surface area (Å²) in [4.78, 5) is 9.22. The van der Waals surface area contributed by atoms with Gasteiger partial charge in [-0.15, -0.1) is 0 Å². The van der Waals surface area contributed by atoms with E-state index in [0.29, 0.717) is 12.3 Å². The standard InChI is InChI=1S/3C17H16N.C16H18N2.C12H16N2.10C2H6/c1-13-7-3-6-10-16(13)17-11-14-8-4-5-9-15(14)12-18(17)2;1-13-7-3-5-9-15(13)17-16-10-6-4-8-14(16)11-12-18(17)2;1-13-7-3-5-9-15(13)17-12-11-14-8-4-6-10-16(14)18(17)2;1-12-8-4-5-9-14(12)18-13(2)17(3)15-10-6-7-11-16(15)18;1-10-6-4-5-7-12(10)14-9-8-13(3)11(14)2;10*1-2/h3*3-12H,1-2H3;4-11,13H,1-3H3;4-9,11H,1-3H3;10*1-2H3/q3*+1;;;;;;;;;;;;/t;;;13-;11-;;;;;;;;;;/m...00........../s1. The molecule has 3 aromatic heterocycles. The van der Waals surface area contributed by atoms with Crippen molar-refractivity contribution in [3.05, 3.63) is 295 Å². The summed E-state index contributed by atoms with van der Waals surface area (Å²) in [6.45, 7) is 55.2. The lowest BCUT2D eigenvalue weighted by atomic mass is 10.00. The molecule has 0 fully saturated rings. The van der Waals surface area contributed by atoms with Gasteiger partial charge in [-0.25, -0.2) is 9.13 Å². The van der Waals surface area contributed by atoms with E-state index in [9.17, 15) is 0 Å². The van der Waals surface area contributed by atoms with Gasteiger partial charge in [0.25, 0.3) is 0 Å². The van der Waals surface area contributed by atoms with Gasteiger partial charge in [0.1, 0.15) is 33.5 Å². The molecule has 5 heterocycles. The van der Waals surface area contributed by atoms with Gasteiger partial charge in [0.15, 0.2) is 12.4 Å². The Kier molecular flexibility index (Phi) is 49.6. The van der Waals surface area contributed by atoms with E-state index in [1.165, 1.54) is 117 Å². The van der Waals surface area contributed by atoms with Crippen LogP contribution in [0.3, 0.4) is 0 Å². The Bertz CT molecular complexity index is 4300. The van der Waals surface area contributed by atoms with Crippen molar-refractivity contribution in [3.63, 3.8) is 0 Å². The van der Waals surface area contributed by atoms with Crippen molar-refractivity contribution in [2.24, 2.45) is 21.1 Å². The third-order valence-electron chi connectivity index (χ3n) is 17.0. The van der Waals surface area contributed by atoms with E-state index < -0.39 is 0 Å². The maximum absolute atomic E-state index is 2.41. The van der Waals surface area contributed by atoms with Crippen LogP contribution in [0.25, 0.3) is 66.2 Å². The summed E-state index contributed by atoms with van der Waals surface area (Å²) in [5.74, 6) is 0. The molecule has 2 atom stereocenters. The van der Waals surface area contributed by atoms with Crippen LogP contribution in [0.1, 0.15) is 180 Å². The monoisotopic (exact) mass is 1430 g/mol. The molecule has 7 heteroatoms. The summed E-state index contributed by atoms with van der Waals surface area (Å²) in [5, 5.41) is 6.43. The summed E-state index contributed by atoms with van der Waals surface area (Å²) < 4.78 is 6.66. The van der Waals surface area contributed by atoms with Gasteiger partial charge in [0, 0.05) is 89.6 Å². The van der Waals surface area contributed by atoms with Crippen LogP contribution in [0.2, 0.25) is 0 Å². The molecule has 12 aromatic rings. The molecule has 9 aromatic carbocycles. The molecule has 0 N–H and O–H groups in total. The Morgan fingerprint density at radius 2 is 0.689 bits per heavy atom. The summed E-state index contributed by atoms with van der Waals surface area (Å²) >= 11 is 0. The van der Waals surface area contributed by atoms with E-state index in [2.05, 4.69) is 384 Å². The van der Waals surface area contributed by atoms with Crippen molar-refractivity contribution >= 4 is 55.2 Å². The van der Waals surface area contributed by atoms with Crippen molar-refractivity contribution in [2.45, 2.75) is 199 Å². The van der Waals surface area contributed by atoms with E-state index in [1.807, 2.05) is 138 Å². The Morgan fingerprint density at radius 3 is 1.17 bits per heavy atom. The minimum atomic E-state index is 0.350. The predicted octanol–water partition coefficient (Wildman–Crippen LogP) is 27.7. The van der Waals surface area contributed by atoms with Crippen molar-refractivity contribution in [2.75, 3.05) is 28.8 Å². The Morgan fingerprint density at radius 1 is 0.302 bits per heavy atom. The summed E-state index contributed by atoms with van der Waals surface area (Å²) in [6, 6.07) is 85.5. The van der Waals surface area contributed by atoms with Gasteiger partial charge in [0.05, 0.1) is 16.8 Å². The first-order valence-corrected chi connectivity index (χ1v) is 39.9. The van der Waals surface area contributed by atoms with Crippen molar-refractivity contribution in [3.8, 4) is 33.8 Å². The predicted molar refractivity (Wildman–Crippen MR) is 477 cm³/mol. The molecule has 106 heavy (non-hydrogen) atoms. The van der Waals surface area contributed by atoms with Gasteiger partial charge in [0.2, 0.25) is 22.6 Å². The molecule has 0 saturated carbocycles. The van der Waals surface area contributed by atoms with Gasteiger partial charge in [-0.2, -0.15) is 4.57 Å². The summed E-state index contributed by atoms with van der Waals surface area (Å²) in [6.07, 6.45) is 9.32. The number of aryl methyl sites for hydroxylation is 8. The highest BCUT2D eigenvalue weighted by Gasteiger charge is 2.31. The number of benzene rings is 9. The van der Waals surface area contributed by atoms with Crippen LogP contribution in [-0.4, -0.2) is 31.3 Å². The van der Waals surface area contributed by atoms with E-state index in [1.54, 1.807) is 0 Å². The zero-order chi connectivity index (χ0) is 80.4. The molecule has 14 rings (SSSR count). The number of para-hydroxylation sites is 5. The Labute approximate surface area is 648 Å². The minimum absolute atomic E-state index is 0.350. The van der Waals surface area contributed by atoms with Crippen LogP contribution in [0.5, 0.6) is 0 Å². The first kappa shape index (κ1) is 96.1. The van der Waals surface area contributed by atoms with E-state index in [4.69, 9.17) is 0 Å². The quantitative estimate of drug-likeness (QED) is 0.160. The second-order valence-electron chi connectivity index (χ2n) is 22.7. The van der Waals surface area contributed by atoms with Crippen molar-refractivity contribution < 1.29 is 13.7 Å². The highest BCUT2D eigenvalue weighted by atomic mass is 15.4. The van der Waals surface area contributed by atoms with Crippen LogP contribution in [0.4, 0.5) is 22.7 Å². The summed E-state index contributed by atoms with van der Waals surface area (Å²) in [7, 11) is 10.6. The molecular formula is C99H142N7+3. The zero-order valence-corrected chi connectivity index (χ0v) is 72.2. The number of fused-ring (bicyclic) bond motifs is 4. The van der Waals surface area contributed by atoms with Gasteiger partial charge in [-0.05, 0) is 154 Å². The van der Waals surface area contributed by atoms with Crippen LogP contribution in [0, 0.1) is 34.6 Å². The Hall–Kier alpha value is -9.85. The lowest BCUT2D eigenvalue weighted by Crippen LogP contribution is -2.35. The molecule has 0 bridgehead atoms. The molecule has 0 saturated heterocycles. The second kappa shape index (κ2) is 54.7. The minimum Gasteiger partial charge on any atom is -0.359 e. The topological polar surface area (TPSA) is 24.6 Å². The largest absolute Gasteiger partial charge is 0.359 e. The molecule has 2 aliphatic heterocycles. The SMILES string of the molecule is CC.CC.CC.CC.CC.CC.CC.CC.CC.CC.Cc1ccccc1-c1c2ccccc2cc[n+]1C.Cc1ccccc1-c1cc2ccccc2c[n+]1C.Cc1ccccc1-c1ccc2ccccc2[n+]1C.Cc1ccccc1N1C=CN(C)[C@@H]1C.Cc1ccccc1N1c2ccccc2N(C)[C@@H]1C. The third kappa shape index (κ3) is 26.3. The smallest absolute Gasteiger partial charge is 0.220 e. The highest BCUT2D eigenvalue weighted by molar-refractivity contribution is 5.93. The van der Waals surface area contributed by atoms with Gasteiger partial charge < -0.3 is 19.6 Å². The van der Waals surface area contributed by atoms with Crippen molar-refractivity contribution in [1.29, 1.82) is 0 Å². The van der Waals surface area contributed by atoms with E-state index in [0.717, 1.165) is 0 Å². The van der Waals surface area contributed by atoms with E-state index in [-0.39, 0.29) is 0 Å². The molecular weight excluding hydrogens is 1290 g/mol.